The van der Waals surface area contributed by atoms with Crippen LogP contribution in [0, 0.1) is 0 Å². The van der Waals surface area contributed by atoms with Gasteiger partial charge in [-0.05, 0) is 37.6 Å². The van der Waals surface area contributed by atoms with Gasteiger partial charge in [0.05, 0.1) is 16.1 Å². The van der Waals surface area contributed by atoms with E-state index in [9.17, 15) is 4.79 Å². The van der Waals surface area contributed by atoms with Gasteiger partial charge in [0.15, 0.2) is 11.5 Å². The minimum absolute atomic E-state index is 0.413. The molecule has 2 aromatic carbocycles. The minimum atomic E-state index is -0.863. The molecule has 4 aromatic rings. The molecule has 0 radical (unpaired) electrons. The van der Waals surface area contributed by atoms with Crippen molar-refractivity contribution in [2.45, 2.75) is 24.9 Å². The van der Waals surface area contributed by atoms with E-state index in [4.69, 9.17) is 34.0 Å². The first-order valence-electron chi connectivity index (χ1n) is 10.8. The summed E-state index contributed by atoms with van der Waals surface area (Å²) in [5.41, 5.74) is 7.83. The number of fused-ring (bicyclic) bond motifs is 1. The number of primary amides is 1. The van der Waals surface area contributed by atoms with Crippen molar-refractivity contribution < 1.29 is 4.79 Å². The molecule has 0 aliphatic carbocycles. The van der Waals surface area contributed by atoms with Gasteiger partial charge in [0.1, 0.15) is 17.6 Å². The summed E-state index contributed by atoms with van der Waals surface area (Å²) in [4.78, 5) is 21.3. The van der Waals surface area contributed by atoms with Crippen LogP contribution in [0.1, 0.15) is 19.7 Å². The molecule has 34 heavy (non-hydrogen) atoms. The van der Waals surface area contributed by atoms with Crippen LogP contribution in [0.15, 0.2) is 54.9 Å². The monoisotopic (exact) mass is 495 g/mol. The van der Waals surface area contributed by atoms with Gasteiger partial charge in [0, 0.05) is 23.7 Å². The van der Waals surface area contributed by atoms with Crippen molar-refractivity contribution in [3.8, 4) is 22.4 Å². The number of nitrogens with two attached hydrogens (primary N) is 1. The van der Waals surface area contributed by atoms with Gasteiger partial charge in [0.2, 0.25) is 5.91 Å². The molecule has 1 aliphatic heterocycles. The van der Waals surface area contributed by atoms with Crippen molar-refractivity contribution in [3.63, 3.8) is 0 Å². The van der Waals surface area contributed by atoms with E-state index in [0.29, 0.717) is 40.3 Å². The van der Waals surface area contributed by atoms with Gasteiger partial charge < -0.3 is 11.1 Å². The fourth-order valence-corrected chi connectivity index (χ4v) is 4.72. The van der Waals surface area contributed by atoms with E-state index in [1.807, 2.05) is 62.4 Å². The number of carbonyl (C=O) groups is 1. The zero-order chi connectivity index (χ0) is 24.1. The van der Waals surface area contributed by atoms with Crippen molar-refractivity contribution >= 4 is 34.8 Å². The molecule has 0 unspecified atom stereocenters. The summed E-state index contributed by atoms with van der Waals surface area (Å²) in [7, 11) is 0. The van der Waals surface area contributed by atoms with Crippen LogP contribution in [0.2, 0.25) is 10.0 Å². The van der Waals surface area contributed by atoms with Crippen molar-refractivity contribution in [1.82, 2.24) is 30.2 Å². The minimum Gasteiger partial charge on any atom is -0.368 e. The molecule has 1 amide bonds. The smallest absolute Gasteiger partial charge is 0.240 e. The molecular formula is C24H23Cl2N7O. The molecule has 0 atom stereocenters. The summed E-state index contributed by atoms with van der Waals surface area (Å²) in [6.07, 6.45) is 1.50. The largest absolute Gasteiger partial charge is 0.368 e. The fourth-order valence-electron chi connectivity index (χ4n) is 4.37. The van der Waals surface area contributed by atoms with Crippen LogP contribution in [0.3, 0.4) is 0 Å². The number of carbonyl (C=O) groups excluding carboxylic acids is 1. The van der Waals surface area contributed by atoms with Crippen molar-refractivity contribution in [1.29, 1.82) is 0 Å². The summed E-state index contributed by atoms with van der Waals surface area (Å²) < 4.78 is 1.70. The number of nitrogens with one attached hydrogen (secondary N) is 2. The Kier molecular flexibility index (Phi) is 5.56. The van der Waals surface area contributed by atoms with Crippen LogP contribution in [0.25, 0.3) is 28.0 Å². The Morgan fingerprint density at radius 3 is 2.44 bits per heavy atom. The highest BCUT2D eigenvalue weighted by Gasteiger charge is 2.47. The lowest BCUT2D eigenvalue weighted by Gasteiger charge is -2.45. The average molecular weight is 496 g/mol. The van der Waals surface area contributed by atoms with Gasteiger partial charge in [0.25, 0.3) is 0 Å². The molecule has 174 valence electrons. The average Bonchev–Trinajstić information content (AvgIpc) is 3.16. The molecule has 0 spiro atoms. The predicted octanol–water partition coefficient (Wildman–Crippen LogP) is 3.42. The summed E-state index contributed by atoms with van der Waals surface area (Å²) in [5, 5.41) is 12.7. The van der Waals surface area contributed by atoms with Gasteiger partial charge in [-0.1, -0.05) is 53.5 Å². The molecule has 1 saturated heterocycles. The highest BCUT2D eigenvalue weighted by Crippen LogP contribution is 2.38. The van der Waals surface area contributed by atoms with Crippen LogP contribution < -0.4 is 16.4 Å². The van der Waals surface area contributed by atoms with Gasteiger partial charge in [-0.2, -0.15) is 9.61 Å². The number of nitrogens with zero attached hydrogens (tertiary/aromatic N) is 4. The Morgan fingerprint density at radius 2 is 1.82 bits per heavy atom. The number of hydrogen-bond donors (Lipinski definition) is 3. The van der Waals surface area contributed by atoms with E-state index >= 15 is 0 Å². The SMILES string of the molecule is CC(C)(NC1(C(N)=O)CNC1)c1ncnc2c(-c3ccc(Cl)cc3)c(-c3ccccc3Cl)nn12. The van der Waals surface area contributed by atoms with Crippen molar-refractivity contribution in [2.24, 2.45) is 5.73 Å². The Morgan fingerprint density at radius 1 is 1.12 bits per heavy atom. The Hall–Kier alpha value is -3.04. The first-order chi connectivity index (χ1) is 16.2. The second kappa shape index (κ2) is 8.32. The van der Waals surface area contributed by atoms with Crippen molar-refractivity contribution in [3.05, 3.63) is 70.7 Å². The molecule has 1 aliphatic rings. The first kappa shape index (κ1) is 22.7. The molecular weight excluding hydrogens is 473 g/mol. The second-order valence-corrected chi connectivity index (χ2v) is 9.79. The molecule has 0 bridgehead atoms. The molecule has 1 fully saturated rings. The van der Waals surface area contributed by atoms with E-state index in [1.165, 1.54) is 6.33 Å². The number of benzene rings is 2. The topological polar surface area (TPSA) is 110 Å². The Balaban J connectivity index is 1.74. The van der Waals surface area contributed by atoms with Gasteiger partial charge in [-0.25, -0.2) is 9.97 Å². The molecule has 5 rings (SSSR count). The molecule has 3 heterocycles. The summed E-state index contributed by atoms with van der Waals surface area (Å²) in [6.45, 7) is 4.77. The van der Waals surface area contributed by atoms with E-state index in [2.05, 4.69) is 20.6 Å². The Bertz CT molecular complexity index is 1390. The molecule has 0 saturated carbocycles. The third-order valence-corrected chi connectivity index (χ3v) is 6.70. The van der Waals surface area contributed by atoms with E-state index < -0.39 is 17.0 Å². The molecule has 8 nitrogen and oxygen atoms in total. The predicted molar refractivity (Wildman–Crippen MR) is 133 cm³/mol. The zero-order valence-corrected chi connectivity index (χ0v) is 20.2. The maximum Gasteiger partial charge on any atom is 0.240 e. The third kappa shape index (κ3) is 3.73. The van der Waals surface area contributed by atoms with Crippen molar-refractivity contribution in [2.75, 3.05) is 13.1 Å². The summed E-state index contributed by atoms with van der Waals surface area (Å²) >= 11 is 12.7. The van der Waals surface area contributed by atoms with Gasteiger partial charge >= 0.3 is 0 Å². The summed E-state index contributed by atoms with van der Waals surface area (Å²) in [5.74, 6) is 0.169. The van der Waals surface area contributed by atoms with E-state index in [0.717, 1.165) is 16.7 Å². The lowest BCUT2D eigenvalue weighted by atomic mass is 9.87. The third-order valence-electron chi connectivity index (χ3n) is 6.12. The van der Waals surface area contributed by atoms with Crippen LogP contribution in [-0.4, -0.2) is 44.1 Å². The van der Waals surface area contributed by atoms with Crippen LogP contribution in [0.5, 0.6) is 0 Å². The van der Waals surface area contributed by atoms with Crippen LogP contribution >= 0.6 is 23.2 Å². The normalized spacial score (nSPS) is 15.3. The van der Waals surface area contributed by atoms with Gasteiger partial charge in [-0.15, -0.1) is 0 Å². The lowest BCUT2D eigenvalue weighted by molar-refractivity contribution is -0.127. The maximum absolute atomic E-state index is 12.2. The van der Waals surface area contributed by atoms with E-state index in [1.54, 1.807) is 4.52 Å². The highest BCUT2D eigenvalue weighted by atomic mass is 35.5. The maximum atomic E-state index is 12.2. The first-order valence-corrected chi connectivity index (χ1v) is 11.5. The fraction of sp³-hybridized carbons (Fsp3) is 0.250. The molecule has 2 aromatic heterocycles. The Labute approximate surface area is 206 Å². The van der Waals surface area contributed by atoms with Gasteiger partial charge in [-0.3, -0.25) is 10.1 Å². The number of rotatable bonds is 6. The quantitative estimate of drug-likeness (QED) is 0.378. The molecule has 10 heteroatoms. The number of hydrogen-bond acceptors (Lipinski definition) is 6. The van der Waals surface area contributed by atoms with E-state index in [-0.39, 0.29) is 0 Å². The number of amides is 1. The molecule has 4 N–H and O–H groups in total. The standard InChI is InChI=1S/C24H23Cl2N7O/c1-23(2,32-24(21(27)34)11-28-12-24)22-30-13-29-20-18(14-7-9-15(25)10-8-14)19(31-33(20)22)16-5-3-4-6-17(16)26/h3-10,13,28,32H,11-12H2,1-2H3,(H2,27,34). The highest BCUT2D eigenvalue weighted by molar-refractivity contribution is 6.33. The number of halogens is 2. The van der Waals surface area contributed by atoms with Crippen LogP contribution in [0.4, 0.5) is 0 Å². The second-order valence-electron chi connectivity index (χ2n) is 8.94. The van der Waals surface area contributed by atoms with Crippen LogP contribution in [-0.2, 0) is 10.3 Å². The summed E-state index contributed by atoms with van der Waals surface area (Å²) in [6, 6.07) is 15.0. The lowest BCUT2D eigenvalue weighted by Crippen LogP contribution is -2.76. The number of aromatic nitrogens is 4. The zero-order valence-electron chi connectivity index (χ0n) is 18.6.